The van der Waals surface area contributed by atoms with Gasteiger partial charge in [-0.3, -0.25) is 0 Å². The molecule has 0 aromatic carbocycles. The van der Waals surface area contributed by atoms with Gasteiger partial charge in [-0.1, -0.05) is 13.3 Å². The van der Waals surface area contributed by atoms with Crippen LogP contribution in [0, 0.1) is 0 Å². The minimum absolute atomic E-state index is 0. The van der Waals surface area contributed by atoms with E-state index in [2.05, 4.69) is 0 Å². The molecule has 0 spiro atoms. The summed E-state index contributed by atoms with van der Waals surface area (Å²) in [5.41, 5.74) is -1.33. The van der Waals surface area contributed by atoms with Gasteiger partial charge in [0.25, 0.3) is 0 Å². The third kappa shape index (κ3) is 7.56. The largest absolute Gasteiger partial charge is 1.00 e. The Kier molecular flexibility index (Phi) is 13.6. The monoisotopic (exact) mass is 436 g/mol. The highest BCUT2D eigenvalue weighted by Gasteiger charge is 2.57. The predicted molar refractivity (Wildman–Crippen MR) is 95.5 cm³/mol. The Balaban J connectivity index is 0.00000676. The van der Waals surface area contributed by atoms with Gasteiger partial charge >= 0.3 is 0 Å². The van der Waals surface area contributed by atoms with E-state index in [0.717, 1.165) is 12.8 Å². The lowest BCUT2D eigenvalue weighted by Gasteiger charge is -2.26. The van der Waals surface area contributed by atoms with Crippen molar-refractivity contribution in [1.29, 1.82) is 0 Å². The van der Waals surface area contributed by atoms with Gasteiger partial charge in [-0.25, -0.2) is 0 Å². The van der Waals surface area contributed by atoms with Crippen molar-refractivity contribution in [3.05, 3.63) is 0 Å². The second kappa shape index (κ2) is 13.5. The summed E-state index contributed by atoms with van der Waals surface area (Å²) >= 11 is 0. The van der Waals surface area contributed by atoms with Crippen LogP contribution in [0.4, 0.5) is 0 Å². The Bertz CT molecular complexity index is 395. The average molecular weight is 437 g/mol. The highest BCUT2D eigenvalue weighted by Crippen LogP contribution is 2.30. The number of hydrogen-bond acceptors (Lipinski definition) is 9. The van der Waals surface area contributed by atoms with Gasteiger partial charge in [0.1, 0.15) is 24.1 Å². The Labute approximate surface area is 168 Å². The molecule has 0 aromatic heterocycles. The van der Waals surface area contributed by atoms with Crippen LogP contribution in [0.15, 0.2) is 0 Å². The first-order chi connectivity index (χ1) is 12.3. The molecule has 0 aromatic rings. The van der Waals surface area contributed by atoms with Gasteiger partial charge in [0.2, 0.25) is 5.44 Å². The molecule has 11 heteroatoms. The van der Waals surface area contributed by atoms with E-state index in [1.807, 2.05) is 6.92 Å². The van der Waals surface area contributed by atoms with Crippen LogP contribution in [0.2, 0.25) is 0 Å². The van der Waals surface area contributed by atoms with Crippen molar-refractivity contribution in [2.45, 2.75) is 73.5 Å². The molecular weight excluding hydrogens is 404 g/mol. The summed E-state index contributed by atoms with van der Waals surface area (Å²) in [6.45, 7) is 1.58. The van der Waals surface area contributed by atoms with Crippen LogP contribution >= 0.6 is 0 Å². The van der Waals surface area contributed by atoms with E-state index in [9.17, 15) is 40.9 Å². The van der Waals surface area contributed by atoms with Crippen molar-refractivity contribution >= 4 is 10.9 Å². The normalized spacial score (nSPS) is 32.6. The second-order valence-electron chi connectivity index (χ2n) is 6.62. The average Bonchev–Trinajstić information content (AvgIpc) is 2.83. The number of ether oxygens (including phenoxy) is 1. The maximum Gasteiger partial charge on any atom is 0.245 e. The summed E-state index contributed by atoms with van der Waals surface area (Å²) in [7, 11) is -1.15. The first kappa shape index (κ1) is 27.3. The van der Waals surface area contributed by atoms with Gasteiger partial charge in [0.05, 0.1) is 25.4 Å². The van der Waals surface area contributed by atoms with Crippen LogP contribution in [-0.2, 0) is 15.6 Å². The van der Waals surface area contributed by atoms with Crippen molar-refractivity contribution in [2.75, 3.05) is 25.6 Å². The lowest BCUT2D eigenvalue weighted by molar-refractivity contribution is -0.0829. The third-order valence-corrected chi connectivity index (χ3v) is 7.44. The molecule has 1 aliphatic rings. The summed E-state index contributed by atoms with van der Waals surface area (Å²) in [6.07, 6.45) is -6.17. The molecule has 1 rings (SSSR count). The van der Waals surface area contributed by atoms with Crippen LogP contribution in [0.5, 0.6) is 0 Å². The number of hydrogen-bond donors (Lipinski definition) is 8. The Hall–Kier alpha value is 0.280. The molecule has 1 unspecified atom stereocenters. The number of aliphatic hydroxyl groups is 8. The summed E-state index contributed by atoms with van der Waals surface area (Å²) in [4.78, 5) is 0. The smallest absolute Gasteiger partial charge is 0.245 e. The van der Waals surface area contributed by atoms with E-state index in [4.69, 9.17) is 4.74 Å². The number of aliphatic hydroxyl groups excluding tert-OH is 8. The molecule has 0 aliphatic carbocycles. The van der Waals surface area contributed by atoms with Crippen molar-refractivity contribution in [3.63, 3.8) is 0 Å². The number of rotatable bonds is 12. The number of unbranched alkanes of at least 4 members (excludes halogenated alkanes) is 1. The molecule has 8 N–H and O–H groups in total. The van der Waals surface area contributed by atoms with Gasteiger partial charge in [0.15, 0.2) is 11.4 Å². The van der Waals surface area contributed by atoms with Gasteiger partial charge in [-0.05, 0) is 6.42 Å². The van der Waals surface area contributed by atoms with Crippen LogP contribution in [0.3, 0.4) is 0 Å². The topological polar surface area (TPSA) is 171 Å². The standard InChI is InChI=1S/C16H33O9S.ClH/c1-2-3-4-25-9(6-17)5-10(19)13(21)11(20)8-26-12(7-18)14(22)15(23)16(26)24;/h9-24H,2-8H2,1H3;1H/q+1;/p-1/t9-,10-,11+,12+,13-,14+,15-,16?,26-;/m0./s1. The second-order valence-corrected chi connectivity index (χ2v) is 8.98. The molecule has 164 valence electrons. The Morgan fingerprint density at radius 3 is 2.15 bits per heavy atom. The predicted octanol–water partition coefficient (Wildman–Crippen LogP) is -6.33. The van der Waals surface area contributed by atoms with Gasteiger partial charge in [0, 0.05) is 23.9 Å². The first-order valence-electron chi connectivity index (χ1n) is 8.88. The zero-order valence-corrected chi connectivity index (χ0v) is 16.9. The Morgan fingerprint density at radius 1 is 1.00 bits per heavy atom. The third-order valence-electron chi connectivity index (χ3n) is 4.61. The SMILES string of the molecule is CCCCO[C@H](CO)C[C@H](O)[C@H](O)[C@H](O)C[S@+]1C(O)[C@@H](O)[C@H](O)[C@H]1CO.[Cl-]. The maximum absolute atomic E-state index is 10.2. The van der Waals surface area contributed by atoms with Crippen molar-refractivity contribution < 1.29 is 58.0 Å². The van der Waals surface area contributed by atoms with E-state index in [1.165, 1.54) is 0 Å². The fourth-order valence-corrected chi connectivity index (χ4v) is 5.53. The number of halogens is 1. The van der Waals surface area contributed by atoms with Crippen LogP contribution in [0.1, 0.15) is 26.2 Å². The van der Waals surface area contributed by atoms with Crippen molar-refractivity contribution in [2.24, 2.45) is 0 Å². The fraction of sp³-hybridized carbons (Fsp3) is 1.00. The molecule has 1 heterocycles. The fourth-order valence-electron chi connectivity index (χ4n) is 2.90. The van der Waals surface area contributed by atoms with Crippen molar-refractivity contribution in [3.8, 4) is 0 Å². The first-order valence-corrected chi connectivity index (χ1v) is 10.4. The minimum Gasteiger partial charge on any atom is -1.00 e. The zero-order valence-electron chi connectivity index (χ0n) is 15.3. The van der Waals surface area contributed by atoms with E-state index in [0.29, 0.717) is 6.61 Å². The molecule has 1 aliphatic heterocycles. The quantitative estimate of drug-likeness (QED) is 0.109. The van der Waals surface area contributed by atoms with Crippen LogP contribution in [0.25, 0.3) is 0 Å². The molecule has 1 fully saturated rings. The van der Waals surface area contributed by atoms with E-state index < -0.39 is 64.8 Å². The molecule has 0 radical (unpaired) electrons. The van der Waals surface area contributed by atoms with E-state index >= 15 is 0 Å². The molecular formula is C16H33ClO9S. The Morgan fingerprint density at radius 2 is 1.63 bits per heavy atom. The van der Waals surface area contributed by atoms with E-state index in [-0.39, 0.29) is 31.2 Å². The summed E-state index contributed by atoms with van der Waals surface area (Å²) in [5, 5.41) is 77.8. The molecule has 9 nitrogen and oxygen atoms in total. The highest BCUT2D eigenvalue weighted by molar-refractivity contribution is 7.98. The summed E-state index contributed by atoms with van der Waals surface area (Å²) in [5.74, 6) is -0.195. The van der Waals surface area contributed by atoms with E-state index in [1.54, 1.807) is 0 Å². The highest BCUT2D eigenvalue weighted by atomic mass is 35.5. The van der Waals surface area contributed by atoms with Gasteiger partial charge in [-0.2, -0.15) is 0 Å². The van der Waals surface area contributed by atoms with Crippen molar-refractivity contribution in [1.82, 2.24) is 0 Å². The molecule has 0 saturated carbocycles. The minimum atomic E-state index is -1.56. The van der Waals surface area contributed by atoms with Gasteiger partial charge < -0.3 is 58.0 Å². The maximum atomic E-state index is 10.2. The lowest BCUT2D eigenvalue weighted by Crippen LogP contribution is -3.00. The summed E-state index contributed by atoms with van der Waals surface area (Å²) < 4.78 is 5.41. The zero-order chi connectivity index (χ0) is 19.9. The molecule has 0 amide bonds. The molecule has 27 heavy (non-hydrogen) atoms. The summed E-state index contributed by atoms with van der Waals surface area (Å²) in [6, 6.07) is 0. The van der Waals surface area contributed by atoms with Crippen LogP contribution in [-0.4, -0.2) is 114 Å². The lowest BCUT2D eigenvalue weighted by atomic mass is 10.0. The van der Waals surface area contributed by atoms with Gasteiger partial charge in [-0.15, -0.1) is 0 Å². The molecule has 0 bridgehead atoms. The van der Waals surface area contributed by atoms with Crippen LogP contribution < -0.4 is 12.4 Å². The molecule has 1 saturated heterocycles. The molecule has 9 atom stereocenters.